The number of nitrogens with zero attached hydrogens (tertiary/aromatic N) is 1. The molecule has 1 saturated heterocycles. The standard InChI is InChI=1S/C14H18ClN3/c1-9(2)14(5-6-16-8-14)13-17-11-4-3-10(15)7-12(11)18-13/h3-4,7,9,16H,5-6,8H2,1-2H3,(H,17,18). The van der Waals surface area contributed by atoms with Crippen molar-refractivity contribution in [1.29, 1.82) is 0 Å². The van der Waals surface area contributed by atoms with Crippen molar-refractivity contribution in [2.45, 2.75) is 25.7 Å². The molecule has 3 rings (SSSR count). The maximum atomic E-state index is 6.02. The third-order valence-electron chi connectivity index (χ3n) is 4.21. The van der Waals surface area contributed by atoms with E-state index < -0.39 is 0 Å². The fourth-order valence-corrected chi connectivity index (χ4v) is 3.07. The van der Waals surface area contributed by atoms with E-state index in [1.807, 2.05) is 18.2 Å². The maximum Gasteiger partial charge on any atom is 0.115 e. The van der Waals surface area contributed by atoms with Gasteiger partial charge in [-0.1, -0.05) is 25.4 Å². The molecule has 1 aromatic heterocycles. The Hall–Kier alpha value is -1.06. The SMILES string of the molecule is CC(C)C1(c2nc3ccc(Cl)cc3[nH]2)CCNC1. The maximum absolute atomic E-state index is 6.02. The smallest absolute Gasteiger partial charge is 0.115 e. The number of hydrogen-bond acceptors (Lipinski definition) is 2. The molecule has 3 nitrogen and oxygen atoms in total. The average molecular weight is 264 g/mol. The minimum absolute atomic E-state index is 0.130. The largest absolute Gasteiger partial charge is 0.341 e. The van der Waals surface area contributed by atoms with E-state index >= 15 is 0 Å². The van der Waals surface area contributed by atoms with Gasteiger partial charge in [0.1, 0.15) is 5.82 Å². The Kier molecular flexibility index (Phi) is 2.83. The van der Waals surface area contributed by atoms with E-state index in [0.29, 0.717) is 5.92 Å². The number of fused-ring (bicyclic) bond motifs is 1. The predicted octanol–water partition coefficient (Wildman–Crippen LogP) is 3.10. The Morgan fingerprint density at radius 2 is 2.22 bits per heavy atom. The second-order valence-corrected chi connectivity index (χ2v) is 5.92. The molecule has 0 amide bonds. The van der Waals surface area contributed by atoms with E-state index in [1.165, 1.54) is 0 Å². The van der Waals surface area contributed by atoms with Crippen LogP contribution >= 0.6 is 11.6 Å². The fourth-order valence-electron chi connectivity index (χ4n) is 2.90. The Morgan fingerprint density at radius 1 is 1.39 bits per heavy atom. The molecule has 4 heteroatoms. The van der Waals surface area contributed by atoms with Crippen LogP contribution in [0.25, 0.3) is 11.0 Å². The molecule has 1 fully saturated rings. The van der Waals surface area contributed by atoms with Gasteiger partial charge in [-0.15, -0.1) is 0 Å². The summed E-state index contributed by atoms with van der Waals surface area (Å²) >= 11 is 6.02. The van der Waals surface area contributed by atoms with E-state index in [4.69, 9.17) is 16.6 Å². The van der Waals surface area contributed by atoms with Crippen LogP contribution in [0.3, 0.4) is 0 Å². The summed E-state index contributed by atoms with van der Waals surface area (Å²) < 4.78 is 0. The van der Waals surface area contributed by atoms with Gasteiger partial charge in [0.05, 0.1) is 11.0 Å². The molecule has 1 unspecified atom stereocenters. The van der Waals surface area contributed by atoms with Crippen molar-refractivity contribution in [1.82, 2.24) is 15.3 Å². The lowest BCUT2D eigenvalue weighted by atomic mass is 9.76. The van der Waals surface area contributed by atoms with Gasteiger partial charge in [0.25, 0.3) is 0 Å². The molecule has 1 atom stereocenters. The highest BCUT2D eigenvalue weighted by Gasteiger charge is 2.41. The van der Waals surface area contributed by atoms with Gasteiger partial charge in [-0.25, -0.2) is 4.98 Å². The lowest BCUT2D eigenvalue weighted by molar-refractivity contribution is 0.321. The van der Waals surface area contributed by atoms with Crippen molar-refractivity contribution in [2.24, 2.45) is 5.92 Å². The summed E-state index contributed by atoms with van der Waals surface area (Å²) in [6.07, 6.45) is 1.14. The monoisotopic (exact) mass is 263 g/mol. The Bertz CT molecular complexity index is 567. The summed E-state index contributed by atoms with van der Waals surface area (Å²) in [6.45, 7) is 6.61. The van der Waals surface area contributed by atoms with Crippen molar-refractivity contribution < 1.29 is 0 Å². The fraction of sp³-hybridized carbons (Fsp3) is 0.500. The lowest BCUT2D eigenvalue weighted by Crippen LogP contribution is -2.35. The van der Waals surface area contributed by atoms with Crippen LogP contribution in [0, 0.1) is 5.92 Å². The summed E-state index contributed by atoms with van der Waals surface area (Å²) in [7, 11) is 0. The van der Waals surface area contributed by atoms with Crippen LogP contribution in [-0.4, -0.2) is 23.1 Å². The van der Waals surface area contributed by atoms with E-state index in [1.54, 1.807) is 0 Å². The molecule has 18 heavy (non-hydrogen) atoms. The number of benzene rings is 1. The highest BCUT2D eigenvalue weighted by atomic mass is 35.5. The molecule has 2 N–H and O–H groups in total. The number of imidazole rings is 1. The molecule has 0 spiro atoms. The molecule has 96 valence electrons. The minimum Gasteiger partial charge on any atom is -0.341 e. The van der Waals surface area contributed by atoms with Crippen molar-refractivity contribution in [3.63, 3.8) is 0 Å². The van der Waals surface area contributed by atoms with Gasteiger partial charge in [0.2, 0.25) is 0 Å². The summed E-state index contributed by atoms with van der Waals surface area (Å²) in [5.74, 6) is 1.66. The zero-order valence-electron chi connectivity index (χ0n) is 10.8. The molecule has 0 saturated carbocycles. The Morgan fingerprint density at radius 3 is 2.89 bits per heavy atom. The molecule has 0 aliphatic carbocycles. The number of nitrogens with one attached hydrogen (secondary N) is 2. The molecular weight excluding hydrogens is 246 g/mol. The first-order valence-electron chi connectivity index (χ1n) is 6.48. The van der Waals surface area contributed by atoms with E-state index in [0.717, 1.165) is 41.4 Å². The van der Waals surface area contributed by atoms with Gasteiger partial charge in [-0.3, -0.25) is 0 Å². The summed E-state index contributed by atoms with van der Waals surface area (Å²) in [6, 6.07) is 5.82. The number of rotatable bonds is 2. The number of H-pyrrole nitrogens is 1. The van der Waals surface area contributed by atoms with Crippen molar-refractivity contribution in [3.8, 4) is 0 Å². The molecule has 0 radical (unpaired) electrons. The molecule has 1 aromatic carbocycles. The third-order valence-corrected chi connectivity index (χ3v) is 4.44. The first-order chi connectivity index (χ1) is 8.62. The van der Waals surface area contributed by atoms with Gasteiger partial charge in [0.15, 0.2) is 0 Å². The normalized spacial score (nSPS) is 24.2. The van der Waals surface area contributed by atoms with Crippen LogP contribution in [-0.2, 0) is 5.41 Å². The summed E-state index contributed by atoms with van der Waals surface area (Å²) in [5.41, 5.74) is 2.16. The van der Waals surface area contributed by atoms with E-state index in [-0.39, 0.29) is 5.41 Å². The topological polar surface area (TPSA) is 40.7 Å². The minimum atomic E-state index is 0.130. The molecule has 2 aromatic rings. The first-order valence-corrected chi connectivity index (χ1v) is 6.86. The molecular formula is C14H18ClN3. The van der Waals surface area contributed by atoms with Gasteiger partial charge in [0, 0.05) is 17.0 Å². The summed E-state index contributed by atoms with van der Waals surface area (Å²) in [5, 5.41) is 4.21. The quantitative estimate of drug-likeness (QED) is 0.874. The molecule has 2 heterocycles. The van der Waals surface area contributed by atoms with E-state index in [9.17, 15) is 0 Å². The number of hydrogen-bond donors (Lipinski definition) is 2. The van der Waals surface area contributed by atoms with Gasteiger partial charge >= 0.3 is 0 Å². The van der Waals surface area contributed by atoms with Crippen molar-refractivity contribution >= 4 is 22.6 Å². The highest BCUT2D eigenvalue weighted by Crippen LogP contribution is 2.37. The second-order valence-electron chi connectivity index (χ2n) is 5.48. The number of aromatic amines is 1. The predicted molar refractivity (Wildman–Crippen MR) is 75.1 cm³/mol. The first kappa shape index (κ1) is 12.0. The highest BCUT2D eigenvalue weighted by molar-refractivity contribution is 6.31. The van der Waals surface area contributed by atoms with Gasteiger partial charge < -0.3 is 10.3 Å². The van der Waals surface area contributed by atoms with Crippen molar-refractivity contribution in [2.75, 3.05) is 13.1 Å². The molecule has 1 aliphatic rings. The Balaban J connectivity index is 2.12. The van der Waals surface area contributed by atoms with Crippen LogP contribution in [0.4, 0.5) is 0 Å². The molecule has 1 aliphatic heterocycles. The summed E-state index contributed by atoms with van der Waals surface area (Å²) in [4.78, 5) is 8.24. The Labute approximate surface area is 112 Å². The van der Waals surface area contributed by atoms with Crippen LogP contribution in [0.2, 0.25) is 5.02 Å². The molecule has 0 bridgehead atoms. The van der Waals surface area contributed by atoms with E-state index in [2.05, 4.69) is 24.1 Å². The van der Waals surface area contributed by atoms with Crippen LogP contribution in [0.1, 0.15) is 26.1 Å². The van der Waals surface area contributed by atoms with Gasteiger partial charge in [-0.2, -0.15) is 0 Å². The third kappa shape index (κ3) is 1.73. The van der Waals surface area contributed by atoms with Crippen molar-refractivity contribution in [3.05, 3.63) is 29.0 Å². The zero-order valence-corrected chi connectivity index (χ0v) is 11.5. The second kappa shape index (κ2) is 4.25. The van der Waals surface area contributed by atoms with Crippen LogP contribution < -0.4 is 5.32 Å². The lowest BCUT2D eigenvalue weighted by Gasteiger charge is -2.30. The number of aromatic nitrogens is 2. The zero-order chi connectivity index (χ0) is 12.8. The number of halogens is 1. The average Bonchev–Trinajstić information content (AvgIpc) is 2.94. The van der Waals surface area contributed by atoms with Crippen LogP contribution in [0.15, 0.2) is 18.2 Å². The van der Waals surface area contributed by atoms with Crippen LogP contribution in [0.5, 0.6) is 0 Å². The van der Waals surface area contributed by atoms with Gasteiger partial charge in [-0.05, 0) is 37.1 Å².